The summed E-state index contributed by atoms with van der Waals surface area (Å²) in [4.78, 5) is 13.8. The molecule has 1 aromatic carbocycles. The van der Waals surface area contributed by atoms with Crippen molar-refractivity contribution in [2.24, 2.45) is 0 Å². The maximum absolute atomic E-state index is 11.5. The lowest BCUT2D eigenvalue weighted by molar-refractivity contribution is -0.135. The highest BCUT2D eigenvalue weighted by atomic mass is 35.5. The third-order valence-electron chi connectivity index (χ3n) is 3.56. The molecule has 0 unspecified atom stereocenters. The van der Waals surface area contributed by atoms with Crippen LogP contribution in [0, 0.1) is 11.3 Å². The van der Waals surface area contributed by atoms with E-state index in [2.05, 4.69) is 21.8 Å². The minimum atomic E-state index is -0.515. The maximum Gasteiger partial charge on any atom is 0.348 e. The van der Waals surface area contributed by atoms with Crippen molar-refractivity contribution in [1.29, 1.82) is 5.26 Å². The molecule has 21 heavy (non-hydrogen) atoms. The van der Waals surface area contributed by atoms with Crippen molar-refractivity contribution in [3.05, 3.63) is 47.0 Å². The summed E-state index contributed by atoms with van der Waals surface area (Å²) in [6.45, 7) is 2.65. The van der Waals surface area contributed by atoms with Crippen LogP contribution in [0.1, 0.15) is 18.4 Å². The number of halogens is 1. The van der Waals surface area contributed by atoms with E-state index in [1.54, 1.807) is 0 Å². The van der Waals surface area contributed by atoms with E-state index in [0.29, 0.717) is 0 Å². The molecule has 1 saturated heterocycles. The second-order valence-corrected chi connectivity index (χ2v) is 4.84. The average Bonchev–Trinajstić information content (AvgIpc) is 2.50. The Morgan fingerprint density at radius 2 is 1.90 bits per heavy atom. The Hall–Kier alpha value is -1.83. The van der Waals surface area contributed by atoms with Crippen molar-refractivity contribution in [3.63, 3.8) is 0 Å². The van der Waals surface area contributed by atoms with E-state index in [4.69, 9.17) is 5.26 Å². The van der Waals surface area contributed by atoms with Gasteiger partial charge in [0.25, 0.3) is 0 Å². The van der Waals surface area contributed by atoms with Crippen LogP contribution in [0.5, 0.6) is 0 Å². The van der Waals surface area contributed by atoms with Gasteiger partial charge >= 0.3 is 5.97 Å². The summed E-state index contributed by atoms with van der Waals surface area (Å²) in [6.07, 6.45) is 1.51. The zero-order valence-electron chi connectivity index (χ0n) is 12.0. The van der Waals surface area contributed by atoms with Gasteiger partial charge in [-0.05, 0) is 24.0 Å². The summed E-state index contributed by atoms with van der Waals surface area (Å²) in [5.41, 5.74) is 2.39. The number of carbonyl (C=O) groups excluding carboxylic acids is 1. The van der Waals surface area contributed by atoms with Crippen LogP contribution in [0.3, 0.4) is 0 Å². The third-order valence-corrected chi connectivity index (χ3v) is 3.56. The Morgan fingerprint density at radius 1 is 1.29 bits per heavy atom. The number of rotatable bonds is 3. The molecule has 0 N–H and O–H groups in total. The summed E-state index contributed by atoms with van der Waals surface area (Å²) in [5.74, 6) is -0.515. The molecule has 0 saturated carbocycles. The predicted molar refractivity (Wildman–Crippen MR) is 82.9 cm³/mol. The number of hydrogen-bond donors (Lipinski definition) is 0. The van der Waals surface area contributed by atoms with Crippen LogP contribution in [-0.2, 0) is 16.1 Å². The van der Waals surface area contributed by atoms with Gasteiger partial charge in [0.15, 0.2) is 0 Å². The summed E-state index contributed by atoms with van der Waals surface area (Å²) < 4.78 is 4.65. The second kappa shape index (κ2) is 8.46. The van der Waals surface area contributed by atoms with Crippen LogP contribution in [0.25, 0.3) is 0 Å². The molecule has 0 radical (unpaired) electrons. The van der Waals surface area contributed by atoms with E-state index < -0.39 is 5.97 Å². The number of piperidine rings is 1. The zero-order chi connectivity index (χ0) is 14.4. The van der Waals surface area contributed by atoms with Crippen LogP contribution in [-0.4, -0.2) is 31.1 Å². The van der Waals surface area contributed by atoms with Crippen molar-refractivity contribution in [2.45, 2.75) is 19.4 Å². The highest BCUT2D eigenvalue weighted by molar-refractivity contribution is 5.93. The molecule has 112 valence electrons. The van der Waals surface area contributed by atoms with Crippen molar-refractivity contribution in [3.8, 4) is 6.07 Å². The first kappa shape index (κ1) is 17.2. The molecular weight excluding hydrogens is 288 g/mol. The molecule has 1 fully saturated rings. The minimum Gasteiger partial charge on any atom is -0.465 e. The van der Waals surface area contributed by atoms with Gasteiger partial charge in [0.2, 0.25) is 0 Å². The number of likely N-dealkylation sites (tertiary alicyclic amines) is 1. The minimum absolute atomic E-state index is 0. The van der Waals surface area contributed by atoms with Crippen molar-refractivity contribution >= 4 is 18.4 Å². The molecule has 0 bridgehead atoms. The van der Waals surface area contributed by atoms with Gasteiger partial charge in [0.05, 0.1) is 7.11 Å². The zero-order valence-corrected chi connectivity index (χ0v) is 12.9. The van der Waals surface area contributed by atoms with Crippen LogP contribution in [0.15, 0.2) is 41.5 Å². The number of ether oxygens (including phenoxy) is 1. The van der Waals surface area contributed by atoms with E-state index in [0.717, 1.165) is 38.0 Å². The summed E-state index contributed by atoms with van der Waals surface area (Å²) >= 11 is 0. The largest absolute Gasteiger partial charge is 0.465 e. The van der Waals surface area contributed by atoms with Crippen LogP contribution in [0.2, 0.25) is 0 Å². The molecule has 5 heteroatoms. The average molecular weight is 307 g/mol. The fraction of sp³-hybridized carbons (Fsp3) is 0.375. The topological polar surface area (TPSA) is 53.3 Å². The van der Waals surface area contributed by atoms with Crippen molar-refractivity contribution in [1.82, 2.24) is 4.90 Å². The SMILES string of the molecule is COC(=O)C(C#N)=C1CCN(Cc2ccccc2)CC1.Cl. The Labute approximate surface area is 131 Å². The number of esters is 1. The van der Waals surface area contributed by atoms with Gasteiger partial charge in [0.1, 0.15) is 11.6 Å². The number of methoxy groups -OCH3 is 1. The first-order valence-corrected chi connectivity index (χ1v) is 6.71. The Kier molecular flexibility index (Phi) is 6.93. The number of nitrogens with zero attached hydrogens (tertiary/aromatic N) is 2. The monoisotopic (exact) mass is 306 g/mol. The molecule has 0 aromatic heterocycles. The van der Waals surface area contributed by atoms with Gasteiger partial charge in [-0.15, -0.1) is 12.4 Å². The van der Waals surface area contributed by atoms with E-state index in [1.807, 2.05) is 24.3 Å². The van der Waals surface area contributed by atoms with Gasteiger partial charge in [-0.1, -0.05) is 30.3 Å². The lowest BCUT2D eigenvalue weighted by Gasteiger charge is -2.28. The van der Waals surface area contributed by atoms with Gasteiger partial charge in [0, 0.05) is 19.6 Å². The Balaban J connectivity index is 0.00000220. The first-order valence-electron chi connectivity index (χ1n) is 6.71. The molecule has 1 aromatic rings. The highest BCUT2D eigenvalue weighted by Crippen LogP contribution is 2.21. The summed E-state index contributed by atoms with van der Waals surface area (Å²) in [7, 11) is 1.31. The van der Waals surface area contributed by atoms with Crippen molar-refractivity contribution in [2.75, 3.05) is 20.2 Å². The molecule has 1 heterocycles. The molecule has 1 aliphatic heterocycles. The molecule has 2 rings (SSSR count). The van der Waals surface area contributed by atoms with E-state index in [1.165, 1.54) is 12.7 Å². The molecule has 0 spiro atoms. The van der Waals surface area contributed by atoms with E-state index in [9.17, 15) is 4.79 Å². The Morgan fingerprint density at radius 3 is 2.43 bits per heavy atom. The Bertz CT molecular complexity index is 539. The number of carbonyl (C=O) groups is 1. The third kappa shape index (κ3) is 4.59. The van der Waals surface area contributed by atoms with Gasteiger partial charge in [-0.3, -0.25) is 4.90 Å². The molecular formula is C16H19ClN2O2. The van der Waals surface area contributed by atoms with Crippen LogP contribution < -0.4 is 0 Å². The van der Waals surface area contributed by atoms with Crippen LogP contribution >= 0.6 is 12.4 Å². The van der Waals surface area contributed by atoms with Gasteiger partial charge < -0.3 is 4.74 Å². The molecule has 1 aliphatic rings. The standard InChI is InChI=1S/C16H18N2O2.ClH/c1-20-16(19)15(11-17)14-7-9-18(10-8-14)12-13-5-3-2-4-6-13;/h2-6H,7-10,12H2,1H3;1H. The van der Waals surface area contributed by atoms with Gasteiger partial charge in [-0.2, -0.15) is 5.26 Å². The normalized spacial score (nSPS) is 14.8. The summed E-state index contributed by atoms with van der Waals surface area (Å²) in [5, 5.41) is 9.06. The maximum atomic E-state index is 11.5. The lowest BCUT2D eigenvalue weighted by Crippen LogP contribution is -2.31. The van der Waals surface area contributed by atoms with Gasteiger partial charge in [-0.25, -0.2) is 4.79 Å². The number of nitriles is 1. The molecule has 0 atom stereocenters. The number of hydrogen-bond acceptors (Lipinski definition) is 4. The quantitative estimate of drug-likeness (QED) is 0.489. The highest BCUT2D eigenvalue weighted by Gasteiger charge is 2.21. The first-order chi connectivity index (χ1) is 9.74. The molecule has 0 amide bonds. The second-order valence-electron chi connectivity index (χ2n) is 4.84. The smallest absolute Gasteiger partial charge is 0.348 e. The fourth-order valence-electron chi connectivity index (χ4n) is 2.44. The number of benzene rings is 1. The molecule has 0 aliphatic carbocycles. The van der Waals surface area contributed by atoms with E-state index in [-0.39, 0.29) is 18.0 Å². The van der Waals surface area contributed by atoms with E-state index >= 15 is 0 Å². The lowest BCUT2D eigenvalue weighted by atomic mass is 9.98. The summed E-state index contributed by atoms with van der Waals surface area (Å²) in [6, 6.07) is 12.3. The fourth-order valence-corrected chi connectivity index (χ4v) is 2.44. The van der Waals surface area contributed by atoms with Crippen LogP contribution in [0.4, 0.5) is 0 Å². The predicted octanol–water partition coefficient (Wildman–Crippen LogP) is 2.70. The van der Waals surface area contributed by atoms with Crippen molar-refractivity contribution < 1.29 is 9.53 Å². The molecule has 4 nitrogen and oxygen atoms in total.